The van der Waals surface area contributed by atoms with Crippen molar-refractivity contribution >= 4 is 43.4 Å². The smallest absolute Gasteiger partial charge is 0.199 e. The maximum atomic E-state index is 11.4. The third-order valence-corrected chi connectivity index (χ3v) is 4.50. The number of nitrogens with zero attached hydrogens (tertiary/aromatic N) is 1. The first-order chi connectivity index (χ1) is 11.1. The summed E-state index contributed by atoms with van der Waals surface area (Å²) in [6.07, 6.45) is 0. The molecule has 0 saturated heterocycles. The molecule has 0 aliphatic carbocycles. The van der Waals surface area contributed by atoms with Crippen LogP contribution in [-0.4, -0.2) is 15.1 Å². The second kappa shape index (κ2) is 4.96. The number of rotatable bonds is 2. The van der Waals surface area contributed by atoms with Crippen molar-refractivity contribution in [2.24, 2.45) is 5.18 Å². The number of hydrogen-bond donors (Lipinski definition) is 3. The number of aryl methyl sites for hydroxylation is 1. The highest BCUT2D eigenvalue weighted by Gasteiger charge is 2.21. The van der Waals surface area contributed by atoms with Crippen LogP contribution in [0.5, 0.6) is 5.88 Å². The van der Waals surface area contributed by atoms with Gasteiger partial charge in [-0.25, -0.2) is 0 Å². The Balaban J connectivity index is 2.12. The monoisotopic (exact) mass is 369 g/mol. The van der Waals surface area contributed by atoms with Crippen molar-refractivity contribution in [1.29, 1.82) is 0 Å². The van der Waals surface area contributed by atoms with Crippen molar-refractivity contribution in [2.75, 3.05) is 0 Å². The Hall–Kier alpha value is -2.60. The lowest BCUT2D eigenvalue weighted by molar-refractivity contribution is 0.460. The third kappa shape index (κ3) is 2.06. The third-order valence-electron chi connectivity index (χ3n) is 4.01. The van der Waals surface area contributed by atoms with Gasteiger partial charge in [0.15, 0.2) is 5.88 Å². The van der Waals surface area contributed by atoms with Gasteiger partial charge in [0.1, 0.15) is 5.69 Å². The van der Waals surface area contributed by atoms with E-state index in [0.29, 0.717) is 22.3 Å². The zero-order chi connectivity index (χ0) is 16.1. The highest BCUT2D eigenvalue weighted by Crippen LogP contribution is 2.44. The summed E-state index contributed by atoms with van der Waals surface area (Å²) < 4.78 is 0.861. The topological polar surface area (TPSA) is 81.2 Å². The van der Waals surface area contributed by atoms with Gasteiger partial charge in [-0.3, -0.25) is 0 Å². The highest BCUT2D eigenvalue weighted by atomic mass is 79.9. The summed E-state index contributed by atoms with van der Waals surface area (Å²) in [5.41, 5.74) is 4.03. The van der Waals surface area contributed by atoms with Crippen LogP contribution in [-0.2, 0) is 0 Å². The number of halogens is 1. The molecule has 2 heterocycles. The molecule has 0 aliphatic heterocycles. The van der Waals surface area contributed by atoms with Gasteiger partial charge in [-0.1, -0.05) is 27.6 Å². The Morgan fingerprint density at radius 3 is 2.57 bits per heavy atom. The van der Waals surface area contributed by atoms with Crippen molar-refractivity contribution in [2.45, 2.75) is 6.92 Å². The Morgan fingerprint density at radius 2 is 1.78 bits per heavy atom. The lowest BCUT2D eigenvalue weighted by atomic mass is 10.1. The van der Waals surface area contributed by atoms with Crippen molar-refractivity contribution < 1.29 is 5.11 Å². The number of nitroso groups, excluding NO2 is 1. The lowest BCUT2D eigenvalue weighted by Gasteiger charge is -1.99. The standard InChI is InChI=1S/C17H12BrN3O2/c1-8-2-4-12-10(6-8)14(17(22)20-12)16-15(21-23)11-7-9(18)3-5-13(11)19-16/h2-7,19-20,22H,1H3. The molecule has 0 amide bonds. The van der Waals surface area contributed by atoms with Crippen molar-refractivity contribution in [3.8, 4) is 17.1 Å². The van der Waals surface area contributed by atoms with Crippen LogP contribution in [0, 0.1) is 11.8 Å². The average Bonchev–Trinajstić information content (AvgIpc) is 3.02. The van der Waals surface area contributed by atoms with Crippen LogP contribution in [0.1, 0.15) is 5.56 Å². The van der Waals surface area contributed by atoms with Crippen molar-refractivity contribution in [3.05, 3.63) is 51.3 Å². The SMILES string of the molecule is Cc1ccc2[nH]c(O)c(-c3[nH]c4ccc(Br)cc4c3N=O)c2c1. The molecule has 3 N–H and O–H groups in total. The fraction of sp³-hybridized carbons (Fsp3) is 0.0588. The van der Waals surface area contributed by atoms with Gasteiger partial charge in [0, 0.05) is 26.3 Å². The molecule has 0 saturated carbocycles. The first kappa shape index (κ1) is 14.0. The van der Waals surface area contributed by atoms with E-state index in [2.05, 4.69) is 31.1 Å². The van der Waals surface area contributed by atoms with Gasteiger partial charge in [0.2, 0.25) is 0 Å². The molecule has 0 radical (unpaired) electrons. The Labute approximate surface area is 139 Å². The quantitative estimate of drug-likeness (QED) is 0.408. The molecule has 0 unspecified atom stereocenters. The van der Waals surface area contributed by atoms with E-state index < -0.39 is 0 Å². The Morgan fingerprint density at radius 1 is 1.04 bits per heavy atom. The number of H-pyrrole nitrogens is 2. The van der Waals surface area contributed by atoms with E-state index in [9.17, 15) is 10.0 Å². The number of aromatic nitrogens is 2. The van der Waals surface area contributed by atoms with Gasteiger partial charge in [-0.2, -0.15) is 0 Å². The minimum atomic E-state index is 0.0149. The number of nitrogens with one attached hydrogen (secondary N) is 2. The molecule has 2 aromatic heterocycles. The fourth-order valence-corrected chi connectivity index (χ4v) is 3.33. The molecule has 0 bridgehead atoms. The van der Waals surface area contributed by atoms with Crippen LogP contribution in [0.15, 0.2) is 46.0 Å². The molecule has 6 heteroatoms. The molecule has 0 atom stereocenters. The van der Waals surface area contributed by atoms with E-state index in [-0.39, 0.29) is 5.88 Å². The first-order valence-electron chi connectivity index (χ1n) is 7.04. The van der Waals surface area contributed by atoms with E-state index in [4.69, 9.17) is 0 Å². The summed E-state index contributed by atoms with van der Waals surface area (Å²) in [5, 5.41) is 15.1. The highest BCUT2D eigenvalue weighted by molar-refractivity contribution is 9.10. The molecule has 2 aromatic carbocycles. The zero-order valence-corrected chi connectivity index (χ0v) is 13.7. The molecule has 114 valence electrons. The number of benzene rings is 2. The second-order valence-electron chi connectivity index (χ2n) is 5.53. The van der Waals surface area contributed by atoms with Gasteiger partial charge in [0.05, 0.1) is 11.3 Å². The molecular weight excluding hydrogens is 358 g/mol. The summed E-state index contributed by atoms with van der Waals surface area (Å²) in [4.78, 5) is 17.6. The zero-order valence-electron chi connectivity index (χ0n) is 12.1. The molecule has 0 fully saturated rings. The molecule has 23 heavy (non-hydrogen) atoms. The van der Waals surface area contributed by atoms with Crippen LogP contribution >= 0.6 is 15.9 Å². The number of aromatic hydroxyl groups is 1. The second-order valence-corrected chi connectivity index (χ2v) is 6.44. The maximum Gasteiger partial charge on any atom is 0.199 e. The number of aromatic amines is 2. The van der Waals surface area contributed by atoms with Crippen molar-refractivity contribution in [3.63, 3.8) is 0 Å². The largest absolute Gasteiger partial charge is 0.494 e. The van der Waals surface area contributed by atoms with Gasteiger partial charge in [-0.05, 0) is 42.4 Å². The maximum absolute atomic E-state index is 11.4. The minimum absolute atomic E-state index is 0.0149. The first-order valence-corrected chi connectivity index (χ1v) is 7.84. The van der Waals surface area contributed by atoms with Gasteiger partial charge < -0.3 is 15.1 Å². The Kier molecular flexibility index (Phi) is 3.02. The molecule has 4 rings (SSSR count). The molecule has 5 nitrogen and oxygen atoms in total. The summed E-state index contributed by atoms with van der Waals surface area (Å²) in [6, 6.07) is 11.4. The van der Waals surface area contributed by atoms with E-state index in [1.807, 2.05) is 43.3 Å². The van der Waals surface area contributed by atoms with Crippen LogP contribution in [0.2, 0.25) is 0 Å². The summed E-state index contributed by atoms with van der Waals surface area (Å²) in [5.74, 6) is 0.0149. The van der Waals surface area contributed by atoms with Crippen molar-refractivity contribution in [1.82, 2.24) is 9.97 Å². The lowest BCUT2D eigenvalue weighted by Crippen LogP contribution is -1.78. The fourth-order valence-electron chi connectivity index (χ4n) is 2.97. The van der Waals surface area contributed by atoms with Gasteiger partial charge >= 0.3 is 0 Å². The normalized spacial score (nSPS) is 11.4. The van der Waals surface area contributed by atoms with Crippen LogP contribution in [0.4, 0.5) is 5.69 Å². The average molecular weight is 370 g/mol. The molecule has 0 aliphatic rings. The van der Waals surface area contributed by atoms with E-state index in [0.717, 1.165) is 26.5 Å². The predicted molar refractivity (Wildman–Crippen MR) is 95.1 cm³/mol. The number of hydrogen-bond acceptors (Lipinski definition) is 3. The molecule has 4 aromatic rings. The molecule has 0 spiro atoms. The predicted octanol–water partition coefficient (Wildman–Crippen LogP) is 5.49. The van der Waals surface area contributed by atoms with Crippen LogP contribution < -0.4 is 0 Å². The van der Waals surface area contributed by atoms with E-state index >= 15 is 0 Å². The summed E-state index contributed by atoms with van der Waals surface area (Å²) in [7, 11) is 0. The van der Waals surface area contributed by atoms with Crippen LogP contribution in [0.25, 0.3) is 33.1 Å². The minimum Gasteiger partial charge on any atom is -0.494 e. The van der Waals surface area contributed by atoms with Gasteiger partial charge in [-0.15, -0.1) is 4.91 Å². The van der Waals surface area contributed by atoms with Crippen LogP contribution in [0.3, 0.4) is 0 Å². The number of fused-ring (bicyclic) bond motifs is 2. The summed E-state index contributed by atoms with van der Waals surface area (Å²) in [6.45, 7) is 1.98. The Bertz CT molecular complexity index is 1080. The molecular formula is C17H12BrN3O2. The van der Waals surface area contributed by atoms with Gasteiger partial charge in [0.25, 0.3) is 0 Å². The van der Waals surface area contributed by atoms with E-state index in [1.165, 1.54) is 0 Å². The summed E-state index contributed by atoms with van der Waals surface area (Å²) >= 11 is 3.40. The van der Waals surface area contributed by atoms with E-state index in [1.54, 1.807) is 0 Å².